The van der Waals surface area contributed by atoms with Crippen molar-refractivity contribution in [3.8, 4) is 11.5 Å². The molecule has 33 heavy (non-hydrogen) atoms. The van der Waals surface area contributed by atoms with Gasteiger partial charge >= 0.3 is 0 Å². The smallest absolute Gasteiger partial charge is 0.243 e. The number of ether oxygens (including phenoxy) is 2. The maximum atomic E-state index is 13.5. The second-order valence-electron chi connectivity index (χ2n) is 7.63. The van der Waals surface area contributed by atoms with Crippen LogP contribution in [0.25, 0.3) is 0 Å². The molecular weight excluding hydrogens is 440 g/mol. The second kappa shape index (κ2) is 10.1. The Morgan fingerprint density at radius 1 is 0.939 bits per heavy atom. The highest BCUT2D eigenvalue weighted by Gasteiger charge is 2.32. The number of nitrogens with zero attached hydrogens (tertiary/aromatic N) is 2. The van der Waals surface area contributed by atoms with Gasteiger partial charge in [0.2, 0.25) is 10.0 Å². The average Bonchev–Trinajstić information content (AvgIpc) is 3.32. The van der Waals surface area contributed by atoms with Crippen molar-refractivity contribution in [1.82, 2.24) is 4.31 Å². The first-order valence-electron chi connectivity index (χ1n) is 10.6. The summed E-state index contributed by atoms with van der Waals surface area (Å²) >= 11 is 0. The van der Waals surface area contributed by atoms with Gasteiger partial charge < -0.3 is 14.3 Å². The summed E-state index contributed by atoms with van der Waals surface area (Å²) in [5.41, 5.74) is 2.47. The lowest BCUT2D eigenvalue weighted by atomic mass is 10.0. The van der Waals surface area contributed by atoms with Crippen LogP contribution in [0.1, 0.15) is 17.5 Å². The van der Waals surface area contributed by atoms with Crippen LogP contribution in [-0.4, -0.2) is 45.3 Å². The minimum Gasteiger partial charge on any atom is -0.497 e. The fourth-order valence-electron chi connectivity index (χ4n) is 3.73. The van der Waals surface area contributed by atoms with E-state index in [1.165, 1.54) is 4.31 Å². The predicted octanol–water partition coefficient (Wildman–Crippen LogP) is 4.09. The van der Waals surface area contributed by atoms with Crippen LogP contribution in [-0.2, 0) is 21.4 Å². The molecule has 1 aliphatic rings. The average molecular weight is 467 g/mol. The Morgan fingerprint density at radius 3 is 2.33 bits per heavy atom. The van der Waals surface area contributed by atoms with Crippen molar-refractivity contribution < 1.29 is 22.7 Å². The Kier molecular flexibility index (Phi) is 6.96. The van der Waals surface area contributed by atoms with Crippen molar-refractivity contribution in [3.05, 3.63) is 90.0 Å². The molecule has 1 aliphatic heterocycles. The molecule has 0 aromatic heterocycles. The third-order valence-electron chi connectivity index (χ3n) is 5.46. The monoisotopic (exact) mass is 466 g/mol. The van der Waals surface area contributed by atoms with E-state index in [0.29, 0.717) is 17.9 Å². The van der Waals surface area contributed by atoms with Crippen LogP contribution in [0.4, 0.5) is 0 Å². The molecule has 4 rings (SSSR count). The summed E-state index contributed by atoms with van der Waals surface area (Å²) in [7, 11) is -0.634. The molecule has 0 spiro atoms. The highest BCUT2D eigenvalue weighted by Crippen LogP contribution is 2.27. The van der Waals surface area contributed by atoms with Gasteiger partial charge in [-0.25, -0.2) is 8.42 Å². The quantitative estimate of drug-likeness (QED) is 0.475. The van der Waals surface area contributed by atoms with E-state index in [1.807, 2.05) is 54.6 Å². The number of benzene rings is 3. The van der Waals surface area contributed by atoms with Gasteiger partial charge in [-0.2, -0.15) is 4.31 Å². The van der Waals surface area contributed by atoms with Crippen LogP contribution < -0.4 is 9.47 Å². The predicted molar refractivity (Wildman–Crippen MR) is 126 cm³/mol. The molecule has 1 atom stereocenters. The Balaban J connectivity index is 1.57. The Morgan fingerprint density at radius 2 is 1.64 bits per heavy atom. The fraction of sp³-hybridized carbons (Fsp3) is 0.240. The third-order valence-corrected chi connectivity index (χ3v) is 7.28. The van der Waals surface area contributed by atoms with Gasteiger partial charge in [0.05, 0.1) is 31.4 Å². The molecule has 7 nitrogen and oxygen atoms in total. The first-order chi connectivity index (χ1) is 16.0. The lowest BCUT2D eigenvalue weighted by molar-refractivity contribution is 0.0694. The van der Waals surface area contributed by atoms with Crippen molar-refractivity contribution >= 4 is 15.7 Å². The Hall–Kier alpha value is -3.36. The molecule has 172 valence electrons. The van der Waals surface area contributed by atoms with Crippen LogP contribution in [0.2, 0.25) is 0 Å². The van der Waals surface area contributed by atoms with Crippen molar-refractivity contribution in [2.45, 2.75) is 24.0 Å². The van der Waals surface area contributed by atoms with E-state index in [-0.39, 0.29) is 18.0 Å². The molecule has 0 amide bonds. The van der Waals surface area contributed by atoms with Gasteiger partial charge in [-0.15, -0.1) is 0 Å². The highest BCUT2D eigenvalue weighted by molar-refractivity contribution is 7.89. The number of hydrogen-bond acceptors (Lipinski definition) is 6. The molecule has 3 aromatic carbocycles. The number of hydrogen-bond donors (Lipinski definition) is 0. The van der Waals surface area contributed by atoms with E-state index >= 15 is 0 Å². The van der Waals surface area contributed by atoms with E-state index < -0.39 is 16.1 Å². The first kappa shape index (κ1) is 22.8. The van der Waals surface area contributed by atoms with Crippen LogP contribution >= 0.6 is 0 Å². The minimum absolute atomic E-state index is 0.158. The van der Waals surface area contributed by atoms with Gasteiger partial charge in [0, 0.05) is 18.5 Å². The largest absolute Gasteiger partial charge is 0.497 e. The van der Waals surface area contributed by atoms with Gasteiger partial charge in [0.25, 0.3) is 0 Å². The third kappa shape index (κ3) is 5.18. The Bertz CT molecular complexity index is 1210. The van der Waals surface area contributed by atoms with E-state index in [1.54, 1.807) is 38.5 Å². The highest BCUT2D eigenvalue weighted by atomic mass is 32.2. The van der Waals surface area contributed by atoms with Crippen molar-refractivity contribution in [2.75, 3.05) is 20.8 Å². The number of sulfonamides is 1. The normalized spacial score (nSPS) is 15.7. The molecular formula is C25H26N2O5S. The van der Waals surface area contributed by atoms with Gasteiger partial charge in [-0.1, -0.05) is 47.6 Å². The van der Waals surface area contributed by atoms with Crippen LogP contribution in [0.5, 0.6) is 11.5 Å². The van der Waals surface area contributed by atoms with Crippen LogP contribution in [0.3, 0.4) is 0 Å². The SMILES string of the molecule is COc1ccc(S(=O)(=O)N(Cc2ccccc2)CC2CC(c3ccccc3OC)=NO2)cc1. The summed E-state index contributed by atoms with van der Waals surface area (Å²) in [6.07, 6.45) is 0.0608. The van der Waals surface area contributed by atoms with E-state index in [9.17, 15) is 8.42 Å². The van der Waals surface area contributed by atoms with Gasteiger partial charge in [-0.3, -0.25) is 0 Å². The summed E-state index contributed by atoms with van der Waals surface area (Å²) in [5.74, 6) is 1.30. The topological polar surface area (TPSA) is 77.4 Å². The minimum atomic E-state index is -3.78. The zero-order valence-electron chi connectivity index (χ0n) is 18.5. The molecule has 0 saturated carbocycles. The van der Waals surface area contributed by atoms with Crippen LogP contribution in [0.15, 0.2) is 88.9 Å². The van der Waals surface area contributed by atoms with Crippen LogP contribution in [0, 0.1) is 0 Å². The zero-order chi connectivity index (χ0) is 23.3. The molecule has 1 unspecified atom stereocenters. The summed E-state index contributed by atoms with van der Waals surface area (Å²) in [4.78, 5) is 5.86. The molecule has 0 N–H and O–H groups in total. The number of oxime groups is 1. The van der Waals surface area contributed by atoms with E-state index in [0.717, 1.165) is 16.8 Å². The van der Waals surface area contributed by atoms with Gasteiger partial charge in [0.1, 0.15) is 17.6 Å². The molecule has 0 saturated heterocycles. The standard InChI is InChI=1S/C25H26N2O5S/c1-30-20-12-14-22(15-13-20)33(28,29)27(17-19-8-4-3-5-9-19)18-21-16-24(26-32-21)23-10-6-7-11-25(23)31-2/h3-15,21H,16-18H2,1-2H3. The first-order valence-corrected chi connectivity index (χ1v) is 12.0. The second-order valence-corrected chi connectivity index (χ2v) is 9.57. The fourth-order valence-corrected chi connectivity index (χ4v) is 5.19. The number of rotatable bonds is 9. The molecule has 0 bridgehead atoms. The van der Waals surface area contributed by atoms with Gasteiger partial charge in [-0.05, 0) is 42.0 Å². The Labute approximate surface area is 194 Å². The number of para-hydroxylation sites is 1. The maximum absolute atomic E-state index is 13.5. The molecule has 8 heteroatoms. The van der Waals surface area contributed by atoms with Gasteiger partial charge in [0.15, 0.2) is 0 Å². The van der Waals surface area contributed by atoms with Crippen molar-refractivity contribution in [2.24, 2.45) is 5.16 Å². The summed E-state index contributed by atoms with van der Waals surface area (Å²) in [6, 6.07) is 23.5. The molecule has 1 heterocycles. The summed E-state index contributed by atoms with van der Waals surface area (Å²) < 4.78 is 39.1. The zero-order valence-corrected chi connectivity index (χ0v) is 19.4. The molecule has 0 radical (unpaired) electrons. The summed E-state index contributed by atoms with van der Waals surface area (Å²) in [5, 5.41) is 4.23. The molecule has 0 fully saturated rings. The van der Waals surface area contributed by atoms with Crippen molar-refractivity contribution in [3.63, 3.8) is 0 Å². The maximum Gasteiger partial charge on any atom is 0.243 e. The molecule has 0 aliphatic carbocycles. The summed E-state index contributed by atoms with van der Waals surface area (Å²) in [6.45, 7) is 0.379. The lowest BCUT2D eigenvalue weighted by Gasteiger charge is -2.24. The van der Waals surface area contributed by atoms with E-state index in [2.05, 4.69) is 5.16 Å². The lowest BCUT2D eigenvalue weighted by Crippen LogP contribution is -2.37. The molecule has 3 aromatic rings. The van der Waals surface area contributed by atoms with E-state index in [4.69, 9.17) is 14.3 Å². The van der Waals surface area contributed by atoms with Crippen molar-refractivity contribution in [1.29, 1.82) is 0 Å². The number of methoxy groups -OCH3 is 2.